The van der Waals surface area contributed by atoms with E-state index in [9.17, 15) is 9.59 Å². The number of hydrogen-bond acceptors (Lipinski definition) is 3. The first-order valence-corrected chi connectivity index (χ1v) is 5.40. The molecule has 1 aromatic carbocycles. The van der Waals surface area contributed by atoms with Crippen LogP contribution in [0.5, 0.6) is 5.75 Å². The van der Waals surface area contributed by atoms with E-state index >= 15 is 0 Å². The lowest BCUT2D eigenvalue weighted by Gasteiger charge is -2.10. The quantitative estimate of drug-likeness (QED) is 0.791. The molecule has 1 heterocycles. The summed E-state index contributed by atoms with van der Waals surface area (Å²) in [6, 6.07) is 6.73. The smallest absolute Gasteiger partial charge is 0.251 e. The van der Waals surface area contributed by atoms with E-state index in [1.54, 1.807) is 31.4 Å². The number of methoxy groups -OCH3 is 1. The molecule has 0 bridgehead atoms. The van der Waals surface area contributed by atoms with Gasteiger partial charge in [-0.25, -0.2) is 0 Å². The molecule has 0 aliphatic carbocycles. The van der Waals surface area contributed by atoms with E-state index in [-0.39, 0.29) is 17.9 Å². The van der Waals surface area contributed by atoms with Gasteiger partial charge in [0.1, 0.15) is 5.75 Å². The fourth-order valence-electron chi connectivity index (χ4n) is 1.72. The Balaban J connectivity index is 1.97. The minimum Gasteiger partial charge on any atom is -0.497 e. The Kier molecular flexibility index (Phi) is 3.27. The molecule has 0 saturated carbocycles. The molecule has 1 unspecified atom stereocenters. The van der Waals surface area contributed by atoms with Crippen molar-refractivity contribution in [2.24, 2.45) is 0 Å². The lowest BCUT2D eigenvalue weighted by Crippen LogP contribution is -2.36. The Bertz CT molecular complexity index is 428. The van der Waals surface area contributed by atoms with Gasteiger partial charge >= 0.3 is 0 Å². The normalized spacial score (nSPS) is 18.6. The number of benzene rings is 1. The third kappa shape index (κ3) is 2.75. The van der Waals surface area contributed by atoms with Gasteiger partial charge in [0.2, 0.25) is 5.91 Å². The van der Waals surface area contributed by atoms with Gasteiger partial charge in [-0.05, 0) is 24.3 Å². The van der Waals surface area contributed by atoms with Gasteiger partial charge in [0.25, 0.3) is 5.91 Å². The van der Waals surface area contributed by atoms with Crippen molar-refractivity contribution < 1.29 is 14.3 Å². The molecule has 5 heteroatoms. The van der Waals surface area contributed by atoms with Crippen molar-refractivity contribution >= 4 is 11.8 Å². The molecule has 2 N–H and O–H groups in total. The van der Waals surface area contributed by atoms with Crippen molar-refractivity contribution in [2.75, 3.05) is 13.7 Å². The first-order valence-electron chi connectivity index (χ1n) is 5.40. The fourth-order valence-corrected chi connectivity index (χ4v) is 1.72. The molecule has 1 aromatic rings. The van der Waals surface area contributed by atoms with E-state index in [1.165, 1.54) is 0 Å². The zero-order valence-electron chi connectivity index (χ0n) is 9.53. The predicted molar refractivity (Wildman–Crippen MR) is 61.9 cm³/mol. The van der Waals surface area contributed by atoms with Crippen LogP contribution in [-0.4, -0.2) is 31.5 Å². The molecule has 17 heavy (non-hydrogen) atoms. The topological polar surface area (TPSA) is 67.4 Å². The summed E-state index contributed by atoms with van der Waals surface area (Å²) in [5.41, 5.74) is 0.560. The van der Waals surface area contributed by atoms with Gasteiger partial charge in [-0.1, -0.05) is 0 Å². The highest BCUT2D eigenvalue weighted by Gasteiger charge is 2.23. The summed E-state index contributed by atoms with van der Waals surface area (Å²) in [6.45, 7) is 0.501. The van der Waals surface area contributed by atoms with Gasteiger partial charge < -0.3 is 15.4 Å². The van der Waals surface area contributed by atoms with E-state index in [0.29, 0.717) is 24.3 Å². The monoisotopic (exact) mass is 234 g/mol. The Morgan fingerprint density at radius 2 is 2.12 bits per heavy atom. The molecule has 1 fully saturated rings. The van der Waals surface area contributed by atoms with Crippen LogP contribution in [-0.2, 0) is 4.79 Å². The molecule has 2 rings (SSSR count). The van der Waals surface area contributed by atoms with Crippen molar-refractivity contribution in [3.8, 4) is 5.75 Å². The lowest BCUT2D eigenvalue weighted by atomic mass is 10.2. The first kappa shape index (κ1) is 11.4. The largest absolute Gasteiger partial charge is 0.497 e. The zero-order valence-corrected chi connectivity index (χ0v) is 9.53. The van der Waals surface area contributed by atoms with Crippen LogP contribution in [0.1, 0.15) is 16.8 Å². The summed E-state index contributed by atoms with van der Waals surface area (Å²) in [5, 5.41) is 5.47. The standard InChI is InChI=1S/C12H14N2O3/c1-17-10-4-2-8(3-5-10)12(16)14-9-6-11(15)13-7-9/h2-5,9H,6-7H2,1H3,(H,13,15)(H,14,16). The van der Waals surface area contributed by atoms with Crippen LogP contribution in [0.2, 0.25) is 0 Å². The maximum atomic E-state index is 11.8. The van der Waals surface area contributed by atoms with Crippen LogP contribution in [0.25, 0.3) is 0 Å². The van der Waals surface area contributed by atoms with Crippen molar-refractivity contribution in [1.82, 2.24) is 10.6 Å². The van der Waals surface area contributed by atoms with E-state index in [4.69, 9.17) is 4.74 Å². The van der Waals surface area contributed by atoms with Gasteiger partial charge in [0, 0.05) is 18.5 Å². The van der Waals surface area contributed by atoms with Gasteiger partial charge in [0.15, 0.2) is 0 Å². The second kappa shape index (κ2) is 4.86. The molecule has 0 aromatic heterocycles. The molecule has 1 atom stereocenters. The SMILES string of the molecule is COc1ccc(C(=O)NC2CNC(=O)C2)cc1. The van der Waals surface area contributed by atoms with E-state index in [2.05, 4.69) is 10.6 Å². The Labute approximate surface area is 99.2 Å². The maximum Gasteiger partial charge on any atom is 0.251 e. The number of ether oxygens (including phenoxy) is 1. The summed E-state index contributed by atoms with van der Waals surface area (Å²) in [6.07, 6.45) is 0.349. The molecule has 0 spiro atoms. The Hall–Kier alpha value is -2.04. The summed E-state index contributed by atoms with van der Waals surface area (Å²) in [5.74, 6) is 0.512. The molecule has 1 saturated heterocycles. The number of nitrogens with one attached hydrogen (secondary N) is 2. The van der Waals surface area contributed by atoms with E-state index in [1.807, 2.05) is 0 Å². The number of hydrogen-bond donors (Lipinski definition) is 2. The minimum atomic E-state index is -0.172. The fraction of sp³-hybridized carbons (Fsp3) is 0.333. The highest BCUT2D eigenvalue weighted by Crippen LogP contribution is 2.11. The van der Waals surface area contributed by atoms with Crippen LogP contribution in [0, 0.1) is 0 Å². The second-order valence-electron chi connectivity index (χ2n) is 3.91. The molecular weight excluding hydrogens is 220 g/mol. The molecule has 90 valence electrons. The van der Waals surface area contributed by atoms with Crippen LogP contribution in [0.3, 0.4) is 0 Å². The third-order valence-electron chi connectivity index (χ3n) is 2.66. The Morgan fingerprint density at radius 1 is 1.41 bits per heavy atom. The minimum absolute atomic E-state index is 0.0231. The van der Waals surface area contributed by atoms with E-state index in [0.717, 1.165) is 0 Å². The van der Waals surface area contributed by atoms with Gasteiger partial charge in [0.05, 0.1) is 13.2 Å². The number of amides is 2. The highest BCUT2D eigenvalue weighted by atomic mass is 16.5. The summed E-state index contributed by atoms with van der Waals surface area (Å²) >= 11 is 0. The third-order valence-corrected chi connectivity index (χ3v) is 2.66. The van der Waals surface area contributed by atoms with Crippen molar-refractivity contribution in [3.05, 3.63) is 29.8 Å². The maximum absolute atomic E-state index is 11.8. The zero-order chi connectivity index (χ0) is 12.3. The average molecular weight is 234 g/mol. The van der Waals surface area contributed by atoms with Crippen molar-refractivity contribution in [1.29, 1.82) is 0 Å². The second-order valence-corrected chi connectivity index (χ2v) is 3.91. The molecule has 1 aliphatic heterocycles. The highest BCUT2D eigenvalue weighted by molar-refractivity contribution is 5.95. The van der Waals surface area contributed by atoms with Gasteiger partial charge in [-0.15, -0.1) is 0 Å². The van der Waals surface area contributed by atoms with E-state index < -0.39 is 0 Å². The summed E-state index contributed by atoms with van der Waals surface area (Å²) < 4.78 is 5.01. The van der Waals surface area contributed by atoms with Crippen LogP contribution in [0.4, 0.5) is 0 Å². The lowest BCUT2D eigenvalue weighted by molar-refractivity contribution is -0.119. The average Bonchev–Trinajstić information content (AvgIpc) is 2.75. The number of rotatable bonds is 3. The molecular formula is C12H14N2O3. The summed E-state index contributed by atoms with van der Waals surface area (Å²) in [7, 11) is 1.57. The van der Waals surface area contributed by atoms with Crippen molar-refractivity contribution in [2.45, 2.75) is 12.5 Å². The number of carbonyl (C=O) groups excluding carboxylic acids is 2. The summed E-state index contributed by atoms with van der Waals surface area (Å²) in [4.78, 5) is 22.8. The molecule has 1 aliphatic rings. The Morgan fingerprint density at radius 3 is 2.65 bits per heavy atom. The van der Waals surface area contributed by atoms with Gasteiger partial charge in [-0.3, -0.25) is 9.59 Å². The number of carbonyl (C=O) groups is 2. The predicted octanol–water partition coefficient (Wildman–Crippen LogP) is 0.313. The van der Waals surface area contributed by atoms with Crippen LogP contribution >= 0.6 is 0 Å². The van der Waals surface area contributed by atoms with Gasteiger partial charge in [-0.2, -0.15) is 0 Å². The van der Waals surface area contributed by atoms with Crippen LogP contribution in [0.15, 0.2) is 24.3 Å². The molecule has 0 radical (unpaired) electrons. The molecule has 5 nitrogen and oxygen atoms in total. The van der Waals surface area contributed by atoms with Crippen LogP contribution < -0.4 is 15.4 Å². The molecule has 2 amide bonds. The van der Waals surface area contributed by atoms with Crippen molar-refractivity contribution in [3.63, 3.8) is 0 Å². The first-order chi connectivity index (χ1) is 8.19.